The molecule has 184 valence electrons. The molecule has 3 aromatic rings. The number of hydrogen-bond acceptors (Lipinski definition) is 6. The van der Waals surface area contributed by atoms with Crippen LogP contribution in [0.2, 0.25) is 0 Å². The van der Waals surface area contributed by atoms with Crippen LogP contribution in [0.5, 0.6) is 5.75 Å². The van der Waals surface area contributed by atoms with Crippen LogP contribution >= 0.6 is 0 Å². The van der Waals surface area contributed by atoms with Gasteiger partial charge >= 0.3 is 12.5 Å². The fourth-order valence-corrected chi connectivity index (χ4v) is 3.13. The highest BCUT2D eigenvalue weighted by atomic mass is 19.4. The van der Waals surface area contributed by atoms with Gasteiger partial charge in [0.25, 0.3) is 0 Å². The summed E-state index contributed by atoms with van der Waals surface area (Å²) in [7, 11) is 0. The van der Waals surface area contributed by atoms with Gasteiger partial charge in [-0.15, -0.1) is 13.2 Å². The molecule has 0 saturated heterocycles. The maximum absolute atomic E-state index is 12.2. The molecule has 0 fully saturated rings. The van der Waals surface area contributed by atoms with E-state index in [1.165, 1.54) is 18.5 Å². The van der Waals surface area contributed by atoms with Crippen LogP contribution in [0.4, 0.5) is 29.3 Å². The Morgan fingerprint density at radius 1 is 1.14 bits per heavy atom. The Kier molecular flexibility index (Phi) is 7.74. The van der Waals surface area contributed by atoms with Gasteiger partial charge in [0.2, 0.25) is 0 Å². The molecule has 0 radical (unpaired) electrons. The Labute approximate surface area is 198 Å². The van der Waals surface area contributed by atoms with Gasteiger partial charge in [-0.05, 0) is 69.3 Å². The number of nitrogens with zero attached hydrogens (tertiary/aromatic N) is 3. The SMILES string of the molecule is Cc1noc(C)c1C(C)OC(=O)Nc1ccc(C(N)=NC=Nc2ccc(OC(F)(F)F)cc2)cc1. The van der Waals surface area contributed by atoms with Crippen LogP contribution in [0, 0.1) is 13.8 Å². The van der Waals surface area contributed by atoms with E-state index in [0.717, 1.165) is 12.1 Å². The molecule has 1 aromatic heterocycles. The van der Waals surface area contributed by atoms with E-state index in [2.05, 4.69) is 25.2 Å². The molecule has 9 nitrogen and oxygen atoms in total. The third kappa shape index (κ3) is 7.32. The first kappa shape index (κ1) is 25.3. The molecule has 35 heavy (non-hydrogen) atoms. The van der Waals surface area contributed by atoms with Crippen molar-refractivity contribution in [2.24, 2.45) is 15.7 Å². The second kappa shape index (κ2) is 10.7. The second-order valence-corrected chi connectivity index (χ2v) is 7.29. The topological polar surface area (TPSA) is 124 Å². The molecule has 0 aliphatic heterocycles. The number of amidine groups is 1. The number of carbonyl (C=O) groups excluding carboxylic acids is 1. The van der Waals surface area contributed by atoms with Gasteiger partial charge in [-0.25, -0.2) is 14.8 Å². The van der Waals surface area contributed by atoms with Gasteiger partial charge < -0.3 is 19.7 Å². The molecule has 3 rings (SSSR count). The molecule has 1 heterocycles. The number of ether oxygens (including phenoxy) is 2. The van der Waals surface area contributed by atoms with Crippen molar-refractivity contribution in [1.82, 2.24) is 5.16 Å². The maximum Gasteiger partial charge on any atom is 0.573 e. The van der Waals surface area contributed by atoms with Gasteiger partial charge in [0.05, 0.1) is 16.9 Å². The molecule has 3 N–H and O–H groups in total. The molecule has 1 unspecified atom stereocenters. The molecule has 0 aliphatic rings. The molecule has 0 saturated carbocycles. The van der Waals surface area contributed by atoms with Gasteiger partial charge in [-0.3, -0.25) is 5.32 Å². The van der Waals surface area contributed by atoms with Crippen molar-refractivity contribution in [2.45, 2.75) is 33.2 Å². The highest BCUT2D eigenvalue weighted by Gasteiger charge is 2.30. The largest absolute Gasteiger partial charge is 0.573 e. The number of halogens is 3. The van der Waals surface area contributed by atoms with Crippen molar-refractivity contribution < 1.29 is 32.0 Å². The van der Waals surface area contributed by atoms with E-state index >= 15 is 0 Å². The van der Waals surface area contributed by atoms with Crippen LogP contribution in [-0.2, 0) is 4.74 Å². The van der Waals surface area contributed by atoms with Crippen LogP contribution in [0.3, 0.4) is 0 Å². The summed E-state index contributed by atoms with van der Waals surface area (Å²) < 4.78 is 50.9. The van der Waals surface area contributed by atoms with Gasteiger partial charge in [-0.2, -0.15) is 0 Å². The van der Waals surface area contributed by atoms with Crippen molar-refractivity contribution in [1.29, 1.82) is 0 Å². The van der Waals surface area contributed by atoms with Crippen LogP contribution < -0.4 is 15.8 Å². The number of benzene rings is 2. The summed E-state index contributed by atoms with van der Waals surface area (Å²) in [6.45, 7) is 5.23. The van der Waals surface area contributed by atoms with Gasteiger partial charge in [0, 0.05) is 11.3 Å². The van der Waals surface area contributed by atoms with Crippen molar-refractivity contribution in [3.63, 3.8) is 0 Å². The number of anilines is 1. The number of aliphatic imine (C=N–C) groups is 2. The van der Waals surface area contributed by atoms with E-state index in [0.29, 0.717) is 34.0 Å². The van der Waals surface area contributed by atoms with Crippen LogP contribution in [-0.4, -0.2) is 29.8 Å². The standard InChI is InChI=1S/C23H22F3N5O4/c1-13-20(15(3)35-31-13)14(2)33-22(32)30-18-6-4-16(5-7-18)21(27)29-12-28-17-8-10-19(11-9-17)34-23(24,25)26/h4-12,14H,1-3H3,(H,30,32)(H2,27,28,29). The fourth-order valence-electron chi connectivity index (χ4n) is 3.13. The summed E-state index contributed by atoms with van der Waals surface area (Å²) in [4.78, 5) is 20.2. The van der Waals surface area contributed by atoms with Crippen LogP contribution in [0.15, 0.2) is 63.0 Å². The van der Waals surface area contributed by atoms with Crippen molar-refractivity contribution >= 4 is 29.6 Å². The van der Waals surface area contributed by atoms with Gasteiger partial charge in [0.15, 0.2) is 0 Å². The number of rotatable bonds is 7. The molecule has 1 atom stereocenters. The summed E-state index contributed by atoms with van der Waals surface area (Å²) in [6.07, 6.45) is -4.78. The van der Waals surface area contributed by atoms with E-state index in [-0.39, 0.29) is 11.6 Å². The average Bonchev–Trinajstić information content (AvgIpc) is 3.12. The molecule has 0 aliphatic carbocycles. The maximum atomic E-state index is 12.2. The highest BCUT2D eigenvalue weighted by molar-refractivity contribution is 6.01. The second-order valence-electron chi connectivity index (χ2n) is 7.29. The predicted octanol–water partition coefficient (Wildman–Crippen LogP) is 5.57. The summed E-state index contributed by atoms with van der Waals surface area (Å²) in [5.74, 6) is 0.375. The molecule has 12 heteroatoms. The molecular weight excluding hydrogens is 467 g/mol. The van der Waals surface area contributed by atoms with Gasteiger partial charge in [-0.1, -0.05) is 5.16 Å². The lowest BCUT2D eigenvalue weighted by molar-refractivity contribution is -0.274. The fraction of sp³-hybridized carbons (Fsp3) is 0.217. The third-order valence-corrected chi connectivity index (χ3v) is 4.68. The van der Waals surface area contributed by atoms with E-state index in [9.17, 15) is 18.0 Å². The number of amides is 1. The number of hydrogen-bond donors (Lipinski definition) is 2. The minimum absolute atomic E-state index is 0.145. The molecule has 2 aromatic carbocycles. The first-order valence-electron chi connectivity index (χ1n) is 10.2. The van der Waals surface area contributed by atoms with E-state index in [4.69, 9.17) is 15.0 Å². The molecular formula is C23H22F3N5O4. The first-order chi connectivity index (χ1) is 16.5. The molecule has 1 amide bonds. The van der Waals surface area contributed by atoms with Gasteiger partial charge in [0.1, 0.15) is 29.8 Å². The Morgan fingerprint density at radius 2 is 1.80 bits per heavy atom. The van der Waals surface area contributed by atoms with E-state index in [1.807, 2.05) is 0 Å². The lowest BCUT2D eigenvalue weighted by atomic mass is 10.1. The number of nitrogens with one attached hydrogen (secondary N) is 1. The zero-order valence-corrected chi connectivity index (χ0v) is 19.0. The number of alkyl halides is 3. The summed E-state index contributed by atoms with van der Waals surface area (Å²) in [6, 6.07) is 11.5. The van der Waals surface area contributed by atoms with E-state index in [1.54, 1.807) is 45.0 Å². The predicted molar refractivity (Wildman–Crippen MR) is 123 cm³/mol. The van der Waals surface area contributed by atoms with E-state index < -0.39 is 18.6 Å². The molecule has 0 bridgehead atoms. The summed E-state index contributed by atoms with van der Waals surface area (Å²) in [5.41, 5.74) is 8.71. The van der Waals surface area contributed by atoms with Crippen molar-refractivity contribution in [2.75, 3.05) is 5.32 Å². The Morgan fingerprint density at radius 3 is 2.37 bits per heavy atom. The first-order valence-corrected chi connectivity index (χ1v) is 10.2. The lowest BCUT2D eigenvalue weighted by Gasteiger charge is -2.14. The van der Waals surface area contributed by atoms with Crippen LogP contribution in [0.1, 0.15) is 35.6 Å². The summed E-state index contributed by atoms with van der Waals surface area (Å²) >= 11 is 0. The Balaban J connectivity index is 1.55. The third-order valence-electron chi connectivity index (χ3n) is 4.68. The minimum atomic E-state index is -4.76. The zero-order chi connectivity index (χ0) is 25.6. The van der Waals surface area contributed by atoms with Crippen molar-refractivity contribution in [3.05, 3.63) is 71.1 Å². The normalized spacial score (nSPS) is 13.0. The number of nitrogens with two attached hydrogens (primary N) is 1. The Hall–Kier alpha value is -4.35. The van der Waals surface area contributed by atoms with Crippen LogP contribution in [0.25, 0.3) is 0 Å². The molecule has 0 spiro atoms. The summed E-state index contributed by atoms with van der Waals surface area (Å²) in [5, 5.41) is 6.47. The number of aryl methyl sites for hydroxylation is 2. The van der Waals surface area contributed by atoms with Crippen molar-refractivity contribution in [3.8, 4) is 5.75 Å². The lowest BCUT2D eigenvalue weighted by Crippen LogP contribution is -2.17. The number of carbonyl (C=O) groups is 1. The minimum Gasteiger partial charge on any atom is -0.441 e. The quantitative estimate of drug-likeness (QED) is 0.330. The average molecular weight is 489 g/mol. The Bertz CT molecular complexity index is 1200. The number of aromatic nitrogens is 1. The smallest absolute Gasteiger partial charge is 0.441 e. The highest BCUT2D eigenvalue weighted by Crippen LogP contribution is 2.25. The monoisotopic (exact) mass is 489 g/mol. The zero-order valence-electron chi connectivity index (χ0n) is 19.0.